The van der Waals surface area contributed by atoms with Gasteiger partial charge in [0.1, 0.15) is 0 Å². The van der Waals surface area contributed by atoms with Crippen LogP contribution in [0.15, 0.2) is 22.7 Å². The lowest BCUT2D eigenvalue weighted by Crippen LogP contribution is -2.49. The zero-order valence-electron chi connectivity index (χ0n) is 11.0. The van der Waals surface area contributed by atoms with E-state index in [0.29, 0.717) is 17.7 Å². The minimum absolute atomic E-state index is 0.116. The molecule has 6 nitrogen and oxygen atoms in total. The normalized spacial score (nSPS) is 17.5. The summed E-state index contributed by atoms with van der Waals surface area (Å²) in [7, 11) is 0. The molecule has 1 saturated heterocycles. The number of hydrogen-bond acceptors (Lipinski definition) is 4. The molecule has 1 fully saturated rings. The molecule has 0 radical (unpaired) electrons. The van der Waals surface area contributed by atoms with Gasteiger partial charge in [0.15, 0.2) is 0 Å². The van der Waals surface area contributed by atoms with Crippen LogP contribution in [-0.4, -0.2) is 29.6 Å². The number of nitrogens with zero attached hydrogens (tertiary/aromatic N) is 1. The van der Waals surface area contributed by atoms with Crippen LogP contribution in [0.1, 0.15) is 30.1 Å². The van der Waals surface area contributed by atoms with Gasteiger partial charge in [-0.25, -0.2) is 0 Å². The minimum Gasteiger partial charge on any atom is -0.381 e. The third-order valence-electron chi connectivity index (χ3n) is 3.42. The Bertz CT molecular complexity index is 541. The molecule has 1 aromatic carbocycles. The van der Waals surface area contributed by atoms with Crippen molar-refractivity contribution in [3.63, 3.8) is 0 Å². The number of benzene rings is 1. The molecule has 1 amide bonds. The van der Waals surface area contributed by atoms with E-state index in [4.69, 9.17) is 4.74 Å². The van der Waals surface area contributed by atoms with E-state index in [1.54, 1.807) is 6.07 Å². The number of ether oxygens (including phenoxy) is 1. The first-order chi connectivity index (χ1) is 9.41. The fourth-order valence-electron chi connectivity index (χ4n) is 2.09. The summed E-state index contributed by atoms with van der Waals surface area (Å²) < 4.78 is 5.63. The predicted molar refractivity (Wildman–Crippen MR) is 76.7 cm³/mol. The van der Waals surface area contributed by atoms with E-state index in [1.165, 1.54) is 12.1 Å². The van der Waals surface area contributed by atoms with Crippen LogP contribution in [0.3, 0.4) is 0 Å². The summed E-state index contributed by atoms with van der Waals surface area (Å²) >= 11 is 3.10. The Labute approximate surface area is 124 Å². The van der Waals surface area contributed by atoms with E-state index in [9.17, 15) is 14.9 Å². The maximum Gasteiger partial charge on any atom is 0.284 e. The fraction of sp³-hybridized carbons (Fsp3) is 0.462. The maximum absolute atomic E-state index is 12.2. The van der Waals surface area contributed by atoms with Gasteiger partial charge in [-0.05, 0) is 47.8 Å². The SMILES string of the molecule is CC1(NC(=O)c2ccc(Br)c([N+](=O)[O-])c2)CCOCC1. The number of rotatable bonds is 3. The van der Waals surface area contributed by atoms with Gasteiger partial charge < -0.3 is 10.1 Å². The minimum atomic E-state index is -0.517. The summed E-state index contributed by atoms with van der Waals surface area (Å²) in [5, 5.41) is 13.8. The highest BCUT2D eigenvalue weighted by Gasteiger charge is 2.29. The van der Waals surface area contributed by atoms with Crippen LogP contribution in [0.25, 0.3) is 0 Å². The number of nitrogens with one attached hydrogen (secondary N) is 1. The average molecular weight is 343 g/mol. The quantitative estimate of drug-likeness (QED) is 0.676. The number of halogens is 1. The molecule has 0 bridgehead atoms. The summed E-state index contributed by atoms with van der Waals surface area (Å²) in [6.45, 7) is 3.18. The van der Waals surface area contributed by atoms with Crippen molar-refractivity contribution in [2.45, 2.75) is 25.3 Å². The van der Waals surface area contributed by atoms with E-state index in [2.05, 4.69) is 21.2 Å². The van der Waals surface area contributed by atoms with Crippen molar-refractivity contribution in [2.24, 2.45) is 0 Å². The third kappa shape index (κ3) is 3.34. The lowest BCUT2D eigenvalue weighted by Gasteiger charge is -2.34. The summed E-state index contributed by atoms with van der Waals surface area (Å²) in [4.78, 5) is 22.6. The Morgan fingerprint density at radius 1 is 1.45 bits per heavy atom. The third-order valence-corrected chi connectivity index (χ3v) is 4.09. The summed E-state index contributed by atoms with van der Waals surface area (Å²) in [6, 6.07) is 4.36. The van der Waals surface area contributed by atoms with Crippen LogP contribution in [-0.2, 0) is 4.74 Å². The second kappa shape index (κ2) is 5.88. The van der Waals surface area contributed by atoms with Crippen LogP contribution in [0.4, 0.5) is 5.69 Å². The van der Waals surface area contributed by atoms with E-state index >= 15 is 0 Å². The number of carbonyl (C=O) groups is 1. The Balaban J connectivity index is 2.17. The molecule has 2 rings (SSSR count). The van der Waals surface area contributed by atoms with Gasteiger partial charge in [0, 0.05) is 30.4 Å². The Morgan fingerprint density at radius 3 is 2.70 bits per heavy atom. The van der Waals surface area contributed by atoms with Crippen LogP contribution in [0.5, 0.6) is 0 Å². The van der Waals surface area contributed by atoms with Crippen molar-refractivity contribution < 1.29 is 14.5 Å². The van der Waals surface area contributed by atoms with E-state index in [1.807, 2.05) is 6.92 Å². The highest BCUT2D eigenvalue weighted by atomic mass is 79.9. The maximum atomic E-state index is 12.2. The van der Waals surface area contributed by atoms with Gasteiger partial charge >= 0.3 is 0 Å². The van der Waals surface area contributed by atoms with Crippen LogP contribution in [0, 0.1) is 10.1 Å². The largest absolute Gasteiger partial charge is 0.381 e. The van der Waals surface area contributed by atoms with E-state index in [-0.39, 0.29) is 22.7 Å². The zero-order valence-corrected chi connectivity index (χ0v) is 12.6. The molecule has 1 aliphatic heterocycles. The molecule has 1 heterocycles. The van der Waals surface area contributed by atoms with Gasteiger partial charge in [-0.1, -0.05) is 0 Å². The second-order valence-corrected chi connectivity index (χ2v) is 5.90. The van der Waals surface area contributed by atoms with Crippen molar-refractivity contribution in [3.05, 3.63) is 38.3 Å². The molecule has 1 aromatic rings. The van der Waals surface area contributed by atoms with Crippen molar-refractivity contribution in [3.8, 4) is 0 Å². The molecule has 1 aliphatic rings. The van der Waals surface area contributed by atoms with Crippen molar-refractivity contribution in [2.75, 3.05) is 13.2 Å². The standard InChI is InChI=1S/C13H15BrN2O4/c1-13(4-6-20-7-5-13)15-12(17)9-2-3-10(14)11(8-9)16(18)19/h2-3,8H,4-7H2,1H3,(H,15,17). The first kappa shape index (κ1) is 14.9. The predicted octanol–water partition coefficient (Wildman–Crippen LogP) is 2.66. The molecule has 1 N–H and O–H groups in total. The monoisotopic (exact) mass is 342 g/mol. The number of nitro groups is 1. The molecule has 0 atom stereocenters. The van der Waals surface area contributed by atoms with Crippen LogP contribution in [0.2, 0.25) is 0 Å². The summed E-state index contributed by atoms with van der Waals surface area (Å²) in [5.41, 5.74) is -0.153. The zero-order chi connectivity index (χ0) is 14.8. The van der Waals surface area contributed by atoms with E-state index < -0.39 is 4.92 Å². The number of hydrogen-bond donors (Lipinski definition) is 1. The Morgan fingerprint density at radius 2 is 2.10 bits per heavy atom. The summed E-state index contributed by atoms with van der Waals surface area (Å²) in [5.74, 6) is -0.301. The van der Waals surface area contributed by atoms with Crippen molar-refractivity contribution in [1.29, 1.82) is 0 Å². The van der Waals surface area contributed by atoms with Gasteiger partial charge in [0.2, 0.25) is 0 Å². The Hall–Kier alpha value is -1.47. The van der Waals surface area contributed by atoms with Crippen LogP contribution < -0.4 is 5.32 Å². The Kier molecular flexibility index (Phi) is 4.39. The molecule has 7 heteroatoms. The van der Waals surface area contributed by atoms with Gasteiger partial charge in [-0.15, -0.1) is 0 Å². The molecule has 0 aliphatic carbocycles. The molecular formula is C13H15BrN2O4. The topological polar surface area (TPSA) is 81.5 Å². The lowest BCUT2D eigenvalue weighted by atomic mass is 9.92. The first-order valence-electron chi connectivity index (χ1n) is 6.25. The average Bonchev–Trinajstić information content (AvgIpc) is 2.39. The first-order valence-corrected chi connectivity index (χ1v) is 7.05. The molecule has 0 unspecified atom stereocenters. The van der Waals surface area contributed by atoms with E-state index in [0.717, 1.165) is 12.8 Å². The molecule has 108 valence electrons. The van der Waals surface area contributed by atoms with Crippen molar-refractivity contribution >= 4 is 27.5 Å². The van der Waals surface area contributed by atoms with Crippen molar-refractivity contribution in [1.82, 2.24) is 5.32 Å². The van der Waals surface area contributed by atoms with Gasteiger partial charge in [-0.3, -0.25) is 14.9 Å². The lowest BCUT2D eigenvalue weighted by molar-refractivity contribution is -0.385. The summed E-state index contributed by atoms with van der Waals surface area (Å²) in [6.07, 6.45) is 1.47. The molecular weight excluding hydrogens is 328 g/mol. The molecule has 20 heavy (non-hydrogen) atoms. The van der Waals surface area contributed by atoms with Gasteiger partial charge in [-0.2, -0.15) is 0 Å². The van der Waals surface area contributed by atoms with Gasteiger partial charge in [0.05, 0.1) is 9.40 Å². The smallest absolute Gasteiger partial charge is 0.284 e. The number of amides is 1. The molecule has 0 aromatic heterocycles. The molecule has 0 saturated carbocycles. The number of carbonyl (C=O) groups excluding carboxylic acids is 1. The number of nitro benzene ring substituents is 1. The van der Waals surface area contributed by atoms with Crippen LogP contribution >= 0.6 is 15.9 Å². The highest BCUT2D eigenvalue weighted by molar-refractivity contribution is 9.10. The van der Waals surface area contributed by atoms with Gasteiger partial charge in [0.25, 0.3) is 11.6 Å². The fourth-order valence-corrected chi connectivity index (χ4v) is 2.48. The highest BCUT2D eigenvalue weighted by Crippen LogP contribution is 2.26. The second-order valence-electron chi connectivity index (χ2n) is 5.05. The molecule has 0 spiro atoms.